The van der Waals surface area contributed by atoms with Gasteiger partial charge in [-0.25, -0.2) is 5.06 Å². The van der Waals surface area contributed by atoms with Gasteiger partial charge in [-0.1, -0.05) is 94.0 Å². The molecule has 2 atom stereocenters. The van der Waals surface area contributed by atoms with E-state index in [1.807, 2.05) is 0 Å². The number of hydroxylamine groups is 1. The first-order valence-electron chi connectivity index (χ1n) is 9.94. The minimum absolute atomic E-state index is 0.314. The number of hydrogen-bond donors (Lipinski definition) is 0. The molecule has 0 N–H and O–H groups in total. The molecule has 2 aromatic carbocycles. The molecule has 0 spiro atoms. The Bertz CT molecular complexity index is 551. The maximum absolute atomic E-state index is 6.38. The van der Waals surface area contributed by atoms with Gasteiger partial charge in [0.15, 0.2) is 0 Å². The average molecular weight is 338 g/mol. The predicted octanol–water partition coefficient (Wildman–Crippen LogP) is 6.69. The third-order valence-corrected chi connectivity index (χ3v) is 5.11. The quantitative estimate of drug-likeness (QED) is 0.473. The van der Waals surface area contributed by atoms with Gasteiger partial charge in [0.25, 0.3) is 0 Å². The molecule has 1 aliphatic rings. The third kappa shape index (κ3) is 5.09. The fraction of sp³-hybridized carbons (Fsp3) is 0.478. The number of para-hydroxylation sites is 1. The molecule has 2 heteroatoms. The molecular formula is C23H31NO. The molecule has 2 nitrogen and oxygen atoms in total. The van der Waals surface area contributed by atoms with Crippen molar-refractivity contribution in [3.8, 4) is 0 Å². The Balaban J connectivity index is 1.60. The average Bonchev–Trinajstić information content (AvgIpc) is 3.10. The Morgan fingerprint density at radius 1 is 0.840 bits per heavy atom. The molecule has 0 saturated carbocycles. The molecule has 2 aromatic rings. The second-order valence-electron chi connectivity index (χ2n) is 7.11. The van der Waals surface area contributed by atoms with Gasteiger partial charge < -0.3 is 0 Å². The predicted molar refractivity (Wildman–Crippen MR) is 106 cm³/mol. The highest BCUT2D eigenvalue weighted by Crippen LogP contribution is 2.39. The molecule has 1 fully saturated rings. The molecule has 1 saturated heterocycles. The lowest BCUT2D eigenvalue weighted by atomic mass is 9.98. The molecule has 3 rings (SSSR count). The highest BCUT2D eigenvalue weighted by Gasteiger charge is 2.34. The van der Waals surface area contributed by atoms with E-state index in [9.17, 15) is 0 Å². The maximum atomic E-state index is 6.38. The highest BCUT2D eigenvalue weighted by atomic mass is 16.7. The van der Waals surface area contributed by atoms with Crippen LogP contribution in [-0.4, -0.2) is 6.10 Å². The Labute approximate surface area is 152 Å². The first kappa shape index (κ1) is 18.0. The van der Waals surface area contributed by atoms with Crippen LogP contribution in [0.15, 0.2) is 60.7 Å². The normalized spacial score (nSPS) is 20.1. The first-order chi connectivity index (χ1) is 12.4. The number of anilines is 1. The van der Waals surface area contributed by atoms with Crippen LogP contribution in [0.5, 0.6) is 0 Å². The van der Waals surface area contributed by atoms with Gasteiger partial charge in [-0.2, -0.15) is 0 Å². The Hall–Kier alpha value is -1.80. The van der Waals surface area contributed by atoms with Crippen LogP contribution in [0.2, 0.25) is 0 Å². The van der Waals surface area contributed by atoms with E-state index in [4.69, 9.17) is 4.84 Å². The molecule has 1 aliphatic heterocycles. The molecule has 0 radical (unpaired) electrons. The molecule has 0 unspecified atom stereocenters. The third-order valence-electron chi connectivity index (χ3n) is 5.11. The second kappa shape index (κ2) is 9.62. The maximum Gasteiger partial charge on any atom is 0.0880 e. The summed E-state index contributed by atoms with van der Waals surface area (Å²) in [6, 6.07) is 21.6. The molecule has 134 valence electrons. The van der Waals surface area contributed by atoms with Gasteiger partial charge in [-0.3, -0.25) is 4.84 Å². The van der Waals surface area contributed by atoms with Crippen molar-refractivity contribution in [1.82, 2.24) is 0 Å². The zero-order valence-electron chi connectivity index (χ0n) is 15.4. The summed E-state index contributed by atoms with van der Waals surface area (Å²) in [7, 11) is 0. The zero-order valence-corrected chi connectivity index (χ0v) is 15.4. The van der Waals surface area contributed by atoms with Crippen molar-refractivity contribution in [3.05, 3.63) is 66.2 Å². The van der Waals surface area contributed by atoms with Gasteiger partial charge in [0.1, 0.15) is 0 Å². The van der Waals surface area contributed by atoms with Crippen molar-refractivity contribution < 1.29 is 4.84 Å². The zero-order chi connectivity index (χ0) is 17.3. The van der Waals surface area contributed by atoms with Crippen molar-refractivity contribution >= 4 is 5.69 Å². The number of hydrogen-bond acceptors (Lipinski definition) is 2. The van der Waals surface area contributed by atoms with E-state index < -0.39 is 0 Å². The van der Waals surface area contributed by atoms with Crippen molar-refractivity contribution in [1.29, 1.82) is 0 Å². The first-order valence-corrected chi connectivity index (χ1v) is 9.94. The van der Waals surface area contributed by atoms with E-state index in [1.165, 1.54) is 50.5 Å². The topological polar surface area (TPSA) is 12.5 Å². The summed E-state index contributed by atoms with van der Waals surface area (Å²) in [6.45, 7) is 2.27. The molecular weight excluding hydrogens is 306 g/mol. The van der Waals surface area contributed by atoms with Crippen LogP contribution in [0.1, 0.15) is 69.9 Å². The molecule has 0 aliphatic carbocycles. The summed E-state index contributed by atoms with van der Waals surface area (Å²) in [5.74, 6) is 0. The number of nitrogens with zero attached hydrogens (tertiary/aromatic N) is 1. The van der Waals surface area contributed by atoms with Crippen molar-refractivity contribution in [2.45, 2.75) is 70.4 Å². The van der Waals surface area contributed by atoms with E-state index in [0.717, 1.165) is 12.1 Å². The lowest BCUT2D eigenvalue weighted by molar-refractivity contribution is 0.0758. The Kier molecular flexibility index (Phi) is 6.93. The molecule has 0 bridgehead atoms. The SMILES string of the molecule is CCCCCCCC[C@@H]1C[C@H](c2ccccc2)N(c2ccccc2)O1. The van der Waals surface area contributed by atoms with E-state index in [-0.39, 0.29) is 0 Å². The van der Waals surface area contributed by atoms with Crippen LogP contribution in [0.4, 0.5) is 5.69 Å². The van der Waals surface area contributed by atoms with Gasteiger partial charge in [0.2, 0.25) is 0 Å². The second-order valence-corrected chi connectivity index (χ2v) is 7.11. The summed E-state index contributed by atoms with van der Waals surface area (Å²) in [6.07, 6.45) is 10.6. The van der Waals surface area contributed by atoms with E-state index in [0.29, 0.717) is 12.1 Å². The van der Waals surface area contributed by atoms with Crippen LogP contribution >= 0.6 is 0 Å². The van der Waals surface area contributed by atoms with Gasteiger partial charge in [0.05, 0.1) is 17.8 Å². The number of unbranched alkanes of at least 4 members (excludes halogenated alkanes) is 5. The van der Waals surface area contributed by atoms with Crippen LogP contribution in [-0.2, 0) is 4.84 Å². The van der Waals surface area contributed by atoms with Gasteiger partial charge in [-0.15, -0.1) is 0 Å². The van der Waals surface area contributed by atoms with Gasteiger partial charge >= 0.3 is 0 Å². The minimum atomic E-state index is 0.314. The van der Waals surface area contributed by atoms with Crippen LogP contribution < -0.4 is 5.06 Å². The lowest BCUT2D eigenvalue weighted by Crippen LogP contribution is -2.21. The molecule has 1 heterocycles. The van der Waals surface area contributed by atoms with Crippen molar-refractivity contribution in [2.75, 3.05) is 5.06 Å². The van der Waals surface area contributed by atoms with Crippen molar-refractivity contribution in [3.63, 3.8) is 0 Å². The largest absolute Gasteiger partial charge is 0.269 e. The molecule has 25 heavy (non-hydrogen) atoms. The Morgan fingerprint density at radius 3 is 2.20 bits per heavy atom. The van der Waals surface area contributed by atoms with Crippen LogP contribution in [0, 0.1) is 0 Å². The monoisotopic (exact) mass is 337 g/mol. The standard InChI is InChI=1S/C23H31NO/c1-2-3-4-5-6-13-18-22-19-23(20-14-9-7-10-15-20)24(25-22)21-16-11-8-12-17-21/h7-12,14-17,22-23H,2-6,13,18-19H2,1H3/t22-,23-/m1/s1. The number of rotatable bonds is 9. The highest BCUT2D eigenvalue weighted by molar-refractivity contribution is 5.47. The fourth-order valence-corrected chi connectivity index (χ4v) is 3.71. The lowest BCUT2D eigenvalue weighted by Gasteiger charge is -2.25. The minimum Gasteiger partial charge on any atom is -0.269 e. The van der Waals surface area contributed by atoms with E-state index in [1.54, 1.807) is 0 Å². The fourth-order valence-electron chi connectivity index (χ4n) is 3.71. The van der Waals surface area contributed by atoms with Crippen LogP contribution in [0.3, 0.4) is 0 Å². The number of benzene rings is 2. The van der Waals surface area contributed by atoms with Crippen LogP contribution in [0.25, 0.3) is 0 Å². The summed E-state index contributed by atoms with van der Waals surface area (Å²) >= 11 is 0. The molecule has 0 aromatic heterocycles. The van der Waals surface area contributed by atoms with E-state index >= 15 is 0 Å². The smallest absolute Gasteiger partial charge is 0.0880 e. The van der Waals surface area contributed by atoms with Crippen molar-refractivity contribution in [2.24, 2.45) is 0 Å². The van der Waals surface area contributed by atoms with Gasteiger partial charge in [-0.05, 0) is 24.1 Å². The van der Waals surface area contributed by atoms with Gasteiger partial charge in [0, 0.05) is 6.42 Å². The summed E-state index contributed by atoms with van der Waals surface area (Å²) in [5.41, 5.74) is 2.50. The van der Waals surface area contributed by atoms with E-state index in [2.05, 4.69) is 72.7 Å². The summed E-state index contributed by atoms with van der Waals surface area (Å²) < 4.78 is 0. The summed E-state index contributed by atoms with van der Waals surface area (Å²) in [5, 5.41) is 2.14. The summed E-state index contributed by atoms with van der Waals surface area (Å²) in [4.78, 5) is 6.38. The Morgan fingerprint density at radius 2 is 1.48 bits per heavy atom. The molecule has 0 amide bonds.